The number of hydrogen-bond acceptors (Lipinski definition) is 4. The molecule has 0 unspecified atom stereocenters. The molecule has 2 rings (SSSR count). The van der Waals surface area contributed by atoms with E-state index in [0.717, 1.165) is 11.3 Å². The molecule has 0 radical (unpaired) electrons. The highest BCUT2D eigenvalue weighted by molar-refractivity contribution is 7.08. The number of aliphatic hydroxyl groups is 1. The van der Waals surface area contributed by atoms with Crippen LogP contribution in [0.25, 0.3) is 6.08 Å². The highest BCUT2D eigenvalue weighted by atomic mass is 32.1. The lowest BCUT2D eigenvalue weighted by molar-refractivity contribution is -0.117. The quantitative estimate of drug-likeness (QED) is 0.835. The SMILES string of the molecule is Cc1cc([C@](C)(O)CNC(=O)/C=C/c2ccsc2)c(C)o1. The maximum Gasteiger partial charge on any atom is 0.244 e. The van der Waals surface area contributed by atoms with Crippen LogP contribution in [-0.4, -0.2) is 17.6 Å². The van der Waals surface area contributed by atoms with Crippen molar-refractivity contribution in [2.24, 2.45) is 0 Å². The second kappa shape index (κ2) is 6.28. The van der Waals surface area contributed by atoms with Crippen LogP contribution in [0, 0.1) is 13.8 Å². The lowest BCUT2D eigenvalue weighted by Crippen LogP contribution is -2.38. The Labute approximate surface area is 128 Å². The van der Waals surface area contributed by atoms with Crippen molar-refractivity contribution in [1.29, 1.82) is 0 Å². The molecule has 21 heavy (non-hydrogen) atoms. The first kappa shape index (κ1) is 15.5. The molecule has 2 N–H and O–H groups in total. The summed E-state index contributed by atoms with van der Waals surface area (Å²) in [4.78, 5) is 11.8. The molecule has 2 aromatic rings. The van der Waals surface area contributed by atoms with Crippen molar-refractivity contribution >= 4 is 23.3 Å². The lowest BCUT2D eigenvalue weighted by atomic mass is 9.96. The Hall–Kier alpha value is -1.85. The zero-order valence-corrected chi connectivity index (χ0v) is 13.2. The summed E-state index contributed by atoms with van der Waals surface area (Å²) in [6.45, 7) is 5.41. The van der Waals surface area contributed by atoms with Gasteiger partial charge in [0.05, 0.1) is 6.54 Å². The Morgan fingerprint density at radius 2 is 2.29 bits per heavy atom. The fourth-order valence-electron chi connectivity index (χ4n) is 2.12. The summed E-state index contributed by atoms with van der Waals surface area (Å²) in [6, 6.07) is 3.73. The Morgan fingerprint density at radius 3 is 2.86 bits per heavy atom. The lowest BCUT2D eigenvalue weighted by Gasteiger charge is -2.22. The van der Waals surface area contributed by atoms with Gasteiger partial charge in [0.15, 0.2) is 0 Å². The van der Waals surface area contributed by atoms with Crippen LogP contribution in [0.15, 0.2) is 33.4 Å². The van der Waals surface area contributed by atoms with Crippen LogP contribution in [0.2, 0.25) is 0 Å². The first-order valence-electron chi connectivity index (χ1n) is 6.66. The van der Waals surface area contributed by atoms with Crippen molar-refractivity contribution < 1.29 is 14.3 Å². The highest BCUT2D eigenvalue weighted by Gasteiger charge is 2.27. The molecule has 112 valence electrons. The van der Waals surface area contributed by atoms with Crippen LogP contribution in [-0.2, 0) is 10.4 Å². The summed E-state index contributed by atoms with van der Waals surface area (Å²) < 4.78 is 5.42. The average Bonchev–Trinajstić information content (AvgIpc) is 3.04. The van der Waals surface area contributed by atoms with E-state index in [1.165, 1.54) is 6.08 Å². The standard InChI is InChI=1S/C16H19NO3S/c1-11-8-14(12(2)20-11)16(3,19)10-17-15(18)5-4-13-6-7-21-9-13/h4-9,19H,10H2,1-3H3,(H,17,18)/b5-4+/t16-/m1/s1. The van der Waals surface area contributed by atoms with Gasteiger partial charge in [0.1, 0.15) is 17.1 Å². The van der Waals surface area contributed by atoms with Crippen LogP contribution in [0.5, 0.6) is 0 Å². The van der Waals surface area contributed by atoms with Crippen molar-refractivity contribution in [3.05, 3.63) is 51.6 Å². The van der Waals surface area contributed by atoms with E-state index < -0.39 is 5.60 Å². The van der Waals surface area contributed by atoms with Gasteiger partial charge in [0.25, 0.3) is 0 Å². The van der Waals surface area contributed by atoms with E-state index in [4.69, 9.17) is 4.42 Å². The minimum Gasteiger partial charge on any atom is -0.466 e. The number of hydrogen-bond donors (Lipinski definition) is 2. The highest BCUT2D eigenvalue weighted by Crippen LogP contribution is 2.26. The normalized spacial score (nSPS) is 14.3. The number of nitrogens with one attached hydrogen (secondary N) is 1. The van der Waals surface area contributed by atoms with Crippen LogP contribution in [0.4, 0.5) is 0 Å². The van der Waals surface area contributed by atoms with Gasteiger partial charge >= 0.3 is 0 Å². The van der Waals surface area contributed by atoms with Crippen LogP contribution >= 0.6 is 11.3 Å². The van der Waals surface area contributed by atoms with Crippen molar-refractivity contribution in [2.75, 3.05) is 6.54 Å². The van der Waals surface area contributed by atoms with Gasteiger partial charge in [-0.25, -0.2) is 0 Å². The number of carbonyl (C=O) groups is 1. The fourth-order valence-corrected chi connectivity index (χ4v) is 2.75. The van der Waals surface area contributed by atoms with E-state index in [9.17, 15) is 9.90 Å². The summed E-state index contributed by atoms with van der Waals surface area (Å²) in [6.07, 6.45) is 3.21. The number of amides is 1. The van der Waals surface area contributed by atoms with Gasteiger partial charge in [-0.1, -0.05) is 0 Å². The summed E-state index contributed by atoms with van der Waals surface area (Å²) in [7, 11) is 0. The van der Waals surface area contributed by atoms with Gasteiger partial charge in [-0.15, -0.1) is 0 Å². The molecular weight excluding hydrogens is 286 g/mol. The van der Waals surface area contributed by atoms with Crippen molar-refractivity contribution in [1.82, 2.24) is 5.32 Å². The molecule has 2 aromatic heterocycles. The van der Waals surface area contributed by atoms with Crippen molar-refractivity contribution in [2.45, 2.75) is 26.4 Å². The minimum atomic E-state index is -1.16. The zero-order valence-electron chi connectivity index (χ0n) is 12.3. The Balaban J connectivity index is 1.95. The van der Waals surface area contributed by atoms with E-state index in [0.29, 0.717) is 11.3 Å². The van der Waals surface area contributed by atoms with Crippen LogP contribution in [0.3, 0.4) is 0 Å². The van der Waals surface area contributed by atoms with Gasteiger partial charge in [0.2, 0.25) is 5.91 Å². The summed E-state index contributed by atoms with van der Waals surface area (Å²) in [5.74, 6) is 1.17. The molecule has 0 saturated carbocycles. The third-order valence-electron chi connectivity index (χ3n) is 3.20. The smallest absolute Gasteiger partial charge is 0.244 e. The predicted molar refractivity (Wildman–Crippen MR) is 84.1 cm³/mol. The first-order chi connectivity index (χ1) is 9.88. The molecule has 2 heterocycles. The topological polar surface area (TPSA) is 62.5 Å². The molecule has 0 spiro atoms. The second-order valence-electron chi connectivity index (χ2n) is 5.21. The maximum absolute atomic E-state index is 11.8. The zero-order chi connectivity index (χ0) is 15.5. The Kier molecular flexibility index (Phi) is 4.65. The van der Waals surface area contributed by atoms with Crippen LogP contribution < -0.4 is 5.32 Å². The molecule has 0 aliphatic rings. The molecule has 1 amide bonds. The molecule has 4 nitrogen and oxygen atoms in total. The molecule has 0 bridgehead atoms. The monoisotopic (exact) mass is 305 g/mol. The molecule has 0 aromatic carbocycles. The number of furan rings is 1. The van der Waals surface area contributed by atoms with Crippen LogP contribution in [0.1, 0.15) is 29.6 Å². The van der Waals surface area contributed by atoms with Gasteiger partial charge < -0.3 is 14.8 Å². The first-order valence-corrected chi connectivity index (χ1v) is 7.61. The van der Waals surface area contributed by atoms with Gasteiger partial charge in [-0.3, -0.25) is 4.79 Å². The molecule has 0 saturated heterocycles. The predicted octanol–water partition coefficient (Wildman–Crippen LogP) is 3.00. The van der Waals surface area contributed by atoms with E-state index >= 15 is 0 Å². The fraction of sp³-hybridized carbons (Fsp3) is 0.312. The Bertz CT molecular complexity index is 639. The van der Waals surface area contributed by atoms with E-state index in [1.54, 1.807) is 37.3 Å². The minimum absolute atomic E-state index is 0.125. The molecule has 0 aliphatic carbocycles. The molecular formula is C16H19NO3S. The van der Waals surface area contributed by atoms with E-state index in [1.807, 2.05) is 23.8 Å². The molecule has 0 fully saturated rings. The average molecular weight is 305 g/mol. The number of aryl methyl sites for hydroxylation is 2. The van der Waals surface area contributed by atoms with Crippen molar-refractivity contribution in [3.63, 3.8) is 0 Å². The summed E-state index contributed by atoms with van der Waals surface area (Å²) in [5.41, 5.74) is 0.526. The van der Waals surface area contributed by atoms with Gasteiger partial charge in [-0.05, 0) is 55.3 Å². The van der Waals surface area contributed by atoms with E-state index in [2.05, 4.69) is 5.32 Å². The second-order valence-corrected chi connectivity index (χ2v) is 5.99. The number of carbonyl (C=O) groups excluding carboxylic acids is 1. The number of rotatable bonds is 5. The Morgan fingerprint density at radius 1 is 1.52 bits per heavy atom. The largest absolute Gasteiger partial charge is 0.466 e. The molecule has 0 aliphatic heterocycles. The van der Waals surface area contributed by atoms with Gasteiger partial charge in [-0.2, -0.15) is 11.3 Å². The number of thiophene rings is 1. The van der Waals surface area contributed by atoms with E-state index in [-0.39, 0.29) is 12.5 Å². The molecule has 5 heteroatoms. The summed E-state index contributed by atoms with van der Waals surface area (Å²) >= 11 is 1.58. The third-order valence-corrected chi connectivity index (χ3v) is 3.90. The van der Waals surface area contributed by atoms with Crippen molar-refractivity contribution in [3.8, 4) is 0 Å². The maximum atomic E-state index is 11.8. The van der Waals surface area contributed by atoms with Gasteiger partial charge in [0, 0.05) is 11.6 Å². The summed E-state index contributed by atoms with van der Waals surface area (Å²) in [5, 5.41) is 17.1. The molecule has 1 atom stereocenters. The third kappa shape index (κ3) is 4.06.